The van der Waals surface area contributed by atoms with Crippen LogP contribution in [-0.2, 0) is 4.79 Å². The van der Waals surface area contributed by atoms with Crippen molar-refractivity contribution >= 4 is 39.7 Å². The molecule has 10 heteroatoms. The summed E-state index contributed by atoms with van der Waals surface area (Å²) >= 11 is 1.41. The Hall–Kier alpha value is -3.92. The van der Waals surface area contributed by atoms with Crippen LogP contribution in [0.25, 0.3) is 21.6 Å². The molecular formula is C20H16N6O3S. The summed E-state index contributed by atoms with van der Waals surface area (Å²) in [7, 11) is 0. The van der Waals surface area contributed by atoms with Crippen molar-refractivity contribution in [3.05, 3.63) is 75.6 Å². The lowest BCUT2D eigenvalue weighted by Gasteiger charge is -2.08. The van der Waals surface area contributed by atoms with Gasteiger partial charge in [-0.25, -0.2) is 0 Å². The largest absolute Gasteiger partial charge is 0.322 e. The van der Waals surface area contributed by atoms with E-state index in [1.54, 1.807) is 16.6 Å². The number of aromatic nitrogens is 4. The van der Waals surface area contributed by atoms with Crippen molar-refractivity contribution in [1.82, 2.24) is 19.8 Å². The third kappa shape index (κ3) is 3.94. The Kier molecular flexibility index (Phi) is 5.07. The summed E-state index contributed by atoms with van der Waals surface area (Å²) < 4.78 is 1.68. The minimum atomic E-state index is -0.473. The molecule has 9 nitrogen and oxygen atoms in total. The average Bonchev–Trinajstić information content (AvgIpc) is 3.30. The molecule has 2 heterocycles. The van der Waals surface area contributed by atoms with Crippen LogP contribution in [0.1, 0.15) is 17.0 Å². The summed E-state index contributed by atoms with van der Waals surface area (Å²) in [5.74, 6) is 0.371. The van der Waals surface area contributed by atoms with E-state index in [4.69, 9.17) is 0 Å². The van der Waals surface area contributed by atoms with Crippen LogP contribution in [0.2, 0.25) is 0 Å². The van der Waals surface area contributed by atoms with Gasteiger partial charge in [-0.2, -0.15) is 9.61 Å². The van der Waals surface area contributed by atoms with Gasteiger partial charge in [-0.15, -0.1) is 10.2 Å². The number of rotatable bonds is 5. The van der Waals surface area contributed by atoms with E-state index in [1.165, 1.54) is 35.6 Å². The Morgan fingerprint density at radius 3 is 2.80 bits per heavy atom. The lowest BCUT2D eigenvalue weighted by Crippen LogP contribution is -2.09. The minimum absolute atomic E-state index is 0.0265. The van der Waals surface area contributed by atoms with Gasteiger partial charge in [0.2, 0.25) is 10.9 Å². The number of anilines is 1. The summed E-state index contributed by atoms with van der Waals surface area (Å²) in [6.07, 6.45) is 2.88. The molecule has 0 saturated carbocycles. The third-order valence-electron chi connectivity index (χ3n) is 4.40. The summed E-state index contributed by atoms with van der Waals surface area (Å²) in [4.78, 5) is 23.5. The number of benzene rings is 2. The van der Waals surface area contributed by atoms with Crippen LogP contribution in [0.4, 0.5) is 11.4 Å². The highest BCUT2D eigenvalue weighted by molar-refractivity contribution is 7.19. The maximum Gasteiger partial charge on any atom is 0.270 e. The topological polar surface area (TPSA) is 115 Å². The Morgan fingerprint density at radius 2 is 2.03 bits per heavy atom. The van der Waals surface area contributed by atoms with Crippen molar-refractivity contribution in [2.45, 2.75) is 13.8 Å². The first-order chi connectivity index (χ1) is 14.4. The number of hydrogen-bond acceptors (Lipinski definition) is 7. The Labute approximate surface area is 174 Å². The van der Waals surface area contributed by atoms with E-state index in [0.29, 0.717) is 22.0 Å². The predicted molar refractivity (Wildman–Crippen MR) is 114 cm³/mol. The zero-order chi connectivity index (χ0) is 21.3. The molecule has 0 fully saturated rings. The van der Waals surface area contributed by atoms with Gasteiger partial charge < -0.3 is 5.32 Å². The van der Waals surface area contributed by atoms with Crippen LogP contribution in [0.3, 0.4) is 0 Å². The van der Waals surface area contributed by atoms with E-state index in [9.17, 15) is 14.9 Å². The lowest BCUT2D eigenvalue weighted by molar-refractivity contribution is -0.384. The number of nitrogens with zero attached hydrogens (tertiary/aromatic N) is 5. The molecule has 1 amide bonds. The Balaban J connectivity index is 1.54. The molecule has 150 valence electrons. The number of aryl methyl sites for hydroxylation is 2. The smallest absolute Gasteiger partial charge is 0.270 e. The van der Waals surface area contributed by atoms with Crippen molar-refractivity contribution in [2.75, 3.05) is 5.32 Å². The number of amides is 1. The van der Waals surface area contributed by atoms with Crippen LogP contribution in [0.15, 0.2) is 48.5 Å². The van der Waals surface area contributed by atoms with Gasteiger partial charge in [-0.05, 0) is 37.1 Å². The standard InChI is InChI=1S/C20H16N6O3S/c1-12-6-8-15(19-24-25-13(2)22-23-20(25)30-19)11-17(12)21-18(27)9-7-14-4-3-5-16(10-14)26(28)29/h3-11H,1-2H3,(H,21,27)/b9-7+. The maximum absolute atomic E-state index is 12.4. The molecule has 30 heavy (non-hydrogen) atoms. The zero-order valence-corrected chi connectivity index (χ0v) is 16.9. The highest BCUT2D eigenvalue weighted by Crippen LogP contribution is 2.29. The van der Waals surface area contributed by atoms with Gasteiger partial charge >= 0.3 is 0 Å². The Bertz CT molecular complexity index is 1310. The van der Waals surface area contributed by atoms with E-state index >= 15 is 0 Å². The van der Waals surface area contributed by atoms with E-state index < -0.39 is 4.92 Å². The lowest BCUT2D eigenvalue weighted by atomic mass is 10.1. The summed E-state index contributed by atoms with van der Waals surface area (Å²) in [5, 5.41) is 27.1. The van der Waals surface area contributed by atoms with Crippen LogP contribution >= 0.6 is 11.3 Å². The normalized spacial score (nSPS) is 11.3. The molecule has 0 aliphatic rings. The number of carbonyl (C=O) groups excluding carboxylic acids is 1. The SMILES string of the molecule is Cc1ccc(-c2nn3c(C)nnc3s2)cc1NC(=O)/C=C/c1cccc([N+](=O)[O-])c1. The van der Waals surface area contributed by atoms with E-state index in [2.05, 4.69) is 20.6 Å². The maximum atomic E-state index is 12.4. The first kappa shape index (κ1) is 19.4. The van der Waals surface area contributed by atoms with Crippen molar-refractivity contribution < 1.29 is 9.72 Å². The van der Waals surface area contributed by atoms with Crippen molar-refractivity contribution in [1.29, 1.82) is 0 Å². The van der Waals surface area contributed by atoms with E-state index in [-0.39, 0.29) is 11.6 Å². The summed E-state index contributed by atoms with van der Waals surface area (Å²) in [5.41, 5.74) is 2.95. The number of carbonyl (C=O) groups is 1. The van der Waals surface area contributed by atoms with Crippen LogP contribution in [-0.4, -0.2) is 30.6 Å². The third-order valence-corrected chi connectivity index (χ3v) is 5.35. The number of non-ortho nitro benzene ring substituents is 1. The molecule has 2 aromatic heterocycles. The molecule has 4 aromatic rings. The predicted octanol–water partition coefficient (Wildman–Crippen LogP) is 4.03. The minimum Gasteiger partial charge on any atom is -0.322 e. The molecule has 0 unspecified atom stereocenters. The van der Waals surface area contributed by atoms with E-state index in [0.717, 1.165) is 16.1 Å². The monoisotopic (exact) mass is 420 g/mol. The fourth-order valence-electron chi connectivity index (χ4n) is 2.81. The fraction of sp³-hybridized carbons (Fsp3) is 0.100. The molecule has 0 saturated heterocycles. The second kappa shape index (κ2) is 7.84. The van der Waals surface area contributed by atoms with Gasteiger partial charge in [0.15, 0.2) is 5.82 Å². The molecular weight excluding hydrogens is 404 g/mol. The van der Waals surface area contributed by atoms with Gasteiger partial charge in [0.1, 0.15) is 5.01 Å². The second-order valence-electron chi connectivity index (χ2n) is 6.55. The number of nitro groups is 1. The van der Waals surface area contributed by atoms with Crippen LogP contribution < -0.4 is 5.32 Å². The quantitative estimate of drug-likeness (QED) is 0.296. The fourth-order valence-corrected chi connectivity index (χ4v) is 3.69. The van der Waals surface area contributed by atoms with Gasteiger partial charge in [0.25, 0.3) is 5.69 Å². The molecule has 4 rings (SSSR count). The average molecular weight is 420 g/mol. The summed E-state index contributed by atoms with van der Waals surface area (Å²) in [6.45, 7) is 3.73. The van der Waals surface area contributed by atoms with Gasteiger partial charge in [0.05, 0.1) is 4.92 Å². The first-order valence-electron chi connectivity index (χ1n) is 8.94. The molecule has 2 aromatic carbocycles. The first-order valence-corrected chi connectivity index (χ1v) is 9.76. The molecule has 0 aliphatic heterocycles. The van der Waals surface area contributed by atoms with Crippen molar-refractivity contribution in [3.63, 3.8) is 0 Å². The van der Waals surface area contributed by atoms with Crippen molar-refractivity contribution in [3.8, 4) is 10.6 Å². The van der Waals surface area contributed by atoms with Crippen molar-refractivity contribution in [2.24, 2.45) is 0 Å². The van der Waals surface area contributed by atoms with Crippen LogP contribution in [0.5, 0.6) is 0 Å². The molecule has 1 N–H and O–H groups in total. The number of hydrogen-bond donors (Lipinski definition) is 1. The summed E-state index contributed by atoms with van der Waals surface area (Å²) in [6, 6.07) is 11.8. The van der Waals surface area contributed by atoms with Crippen LogP contribution in [0, 0.1) is 24.0 Å². The molecule has 0 radical (unpaired) electrons. The molecule has 0 atom stereocenters. The number of fused-ring (bicyclic) bond motifs is 1. The van der Waals surface area contributed by atoms with Gasteiger partial charge in [0, 0.05) is 29.5 Å². The molecule has 0 bridgehead atoms. The number of nitrogens with one attached hydrogen (secondary N) is 1. The van der Waals surface area contributed by atoms with E-state index in [1.807, 2.05) is 32.0 Å². The zero-order valence-electron chi connectivity index (χ0n) is 16.1. The molecule has 0 spiro atoms. The van der Waals surface area contributed by atoms with Gasteiger partial charge in [-0.3, -0.25) is 14.9 Å². The number of nitro benzene ring substituents is 1. The Morgan fingerprint density at radius 1 is 1.20 bits per heavy atom. The highest BCUT2D eigenvalue weighted by Gasteiger charge is 2.12. The second-order valence-corrected chi connectivity index (χ2v) is 7.51. The molecule has 0 aliphatic carbocycles. The highest BCUT2D eigenvalue weighted by atomic mass is 32.1. The van der Waals surface area contributed by atoms with Gasteiger partial charge in [-0.1, -0.05) is 35.6 Å².